The third kappa shape index (κ3) is 2.14. The van der Waals surface area contributed by atoms with Crippen LogP contribution in [0.2, 0.25) is 15.1 Å². The molecule has 2 N–H and O–H groups in total. The minimum Gasteiger partial charge on any atom is -0.505 e. The number of aromatic hydroxyl groups is 1. The maximum Gasteiger partial charge on any atom is 0.215 e. The summed E-state index contributed by atoms with van der Waals surface area (Å²) in [7, 11) is 0. The van der Waals surface area contributed by atoms with Crippen LogP contribution in [0.15, 0.2) is 35.3 Å². The van der Waals surface area contributed by atoms with E-state index in [1.54, 1.807) is 30.3 Å². The van der Waals surface area contributed by atoms with Crippen molar-refractivity contribution >= 4 is 62.9 Å². The second-order valence-electron chi connectivity index (χ2n) is 5.11. The van der Waals surface area contributed by atoms with Gasteiger partial charge in [0.2, 0.25) is 5.78 Å². The lowest BCUT2D eigenvalue weighted by Gasteiger charge is -1.97. The van der Waals surface area contributed by atoms with Crippen molar-refractivity contribution in [1.82, 2.24) is 4.98 Å². The predicted octanol–water partition coefficient (Wildman–Crippen LogP) is 5.15. The summed E-state index contributed by atoms with van der Waals surface area (Å²) in [4.78, 5) is 19.8. The van der Waals surface area contributed by atoms with Gasteiger partial charge in [-0.15, -0.1) is 0 Å². The van der Waals surface area contributed by atoms with E-state index in [9.17, 15) is 9.90 Å². The number of carbonyl (C=O) groups is 1. The van der Waals surface area contributed by atoms with Crippen molar-refractivity contribution in [3.63, 3.8) is 0 Å². The van der Waals surface area contributed by atoms with Crippen molar-refractivity contribution in [1.29, 1.82) is 0 Å². The van der Waals surface area contributed by atoms with Crippen LogP contribution >= 0.6 is 34.8 Å². The zero-order valence-electron chi connectivity index (χ0n) is 11.3. The smallest absolute Gasteiger partial charge is 0.215 e. The van der Waals surface area contributed by atoms with Crippen LogP contribution in [0, 0.1) is 0 Å². The van der Waals surface area contributed by atoms with E-state index >= 15 is 0 Å². The largest absolute Gasteiger partial charge is 0.505 e. The van der Waals surface area contributed by atoms with Crippen LogP contribution in [0.25, 0.3) is 10.9 Å². The molecule has 0 saturated carbocycles. The summed E-state index contributed by atoms with van der Waals surface area (Å²) in [5, 5.41) is 12.1. The molecule has 7 heteroatoms. The van der Waals surface area contributed by atoms with E-state index in [2.05, 4.69) is 9.98 Å². The molecule has 1 aliphatic heterocycles. The van der Waals surface area contributed by atoms with Gasteiger partial charge in [0.05, 0.1) is 21.8 Å². The zero-order valence-corrected chi connectivity index (χ0v) is 13.6. The number of rotatable bonds is 1. The summed E-state index contributed by atoms with van der Waals surface area (Å²) >= 11 is 18.0. The highest BCUT2D eigenvalue weighted by molar-refractivity contribution is 6.55. The summed E-state index contributed by atoms with van der Waals surface area (Å²) < 4.78 is 0. The van der Waals surface area contributed by atoms with Gasteiger partial charge in [-0.25, -0.2) is 4.99 Å². The Morgan fingerprint density at radius 2 is 1.83 bits per heavy atom. The number of ketones is 1. The van der Waals surface area contributed by atoms with Gasteiger partial charge in [0, 0.05) is 15.4 Å². The van der Waals surface area contributed by atoms with Crippen LogP contribution in [-0.4, -0.2) is 21.6 Å². The van der Waals surface area contributed by atoms with Gasteiger partial charge < -0.3 is 10.1 Å². The molecule has 3 aromatic rings. The van der Waals surface area contributed by atoms with Crippen LogP contribution in [0.1, 0.15) is 16.1 Å². The Morgan fingerprint density at radius 3 is 2.61 bits per heavy atom. The topological polar surface area (TPSA) is 65.5 Å². The van der Waals surface area contributed by atoms with E-state index in [1.165, 1.54) is 0 Å². The Hall–Kier alpha value is -2.01. The van der Waals surface area contributed by atoms with Crippen molar-refractivity contribution in [2.45, 2.75) is 0 Å². The van der Waals surface area contributed by atoms with Crippen LogP contribution in [0.5, 0.6) is 5.75 Å². The number of halogens is 3. The van der Waals surface area contributed by atoms with Gasteiger partial charge >= 0.3 is 0 Å². The molecular formula is C16H7Cl3N2O2. The highest BCUT2D eigenvalue weighted by Gasteiger charge is 2.30. The van der Waals surface area contributed by atoms with Crippen molar-refractivity contribution < 1.29 is 9.90 Å². The van der Waals surface area contributed by atoms with Crippen LogP contribution in [0.4, 0.5) is 5.69 Å². The first kappa shape index (κ1) is 14.6. The summed E-state index contributed by atoms with van der Waals surface area (Å²) in [6.45, 7) is 0. The van der Waals surface area contributed by atoms with Gasteiger partial charge in [-0.1, -0.05) is 34.8 Å². The molecular weight excluding hydrogens is 359 g/mol. The molecule has 0 bridgehead atoms. The molecule has 1 aromatic heterocycles. The number of aromatic nitrogens is 1. The standard InChI is InChI=1S/C16H7Cl3N2O2/c17-6-1-2-8-11(5-6)20-13(15(8)22)14-16(23)9-3-7(18)4-10(19)12(9)21-14/h1-5,21,23H. The quantitative estimate of drug-likeness (QED) is 0.626. The number of Topliss-reactive ketones (excluding diaryl/α,β-unsaturated/α-hetero) is 1. The van der Waals surface area contributed by atoms with Gasteiger partial charge in [0.1, 0.15) is 11.4 Å². The fourth-order valence-corrected chi connectivity index (χ4v) is 3.34. The Balaban J connectivity index is 1.94. The van der Waals surface area contributed by atoms with Gasteiger partial charge in [-0.3, -0.25) is 4.79 Å². The van der Waals surface area contributed by atoms with Crippen molar-refractivity contribution in [3.05, 3.63) is 56.7 Å². The van der Waals surface area contributed by atoms with E-state index in [-0.39, 0.29) is 22.9 Å². The summed E-state index contributed by atoms with van der Waals surface area (Å²) in [5.41, 5.74) is 1.73. The molecule has 4 rings (SSSR count). The van der Waals surface area contributed by atoms with Gasteiger partial charge in [0.25, 0.3) is 0 Å². The number of carbonyl (C=O) groups excluding carboxylic acids is 1. The first-order valence-corrected chi connectivity index (χ1v) is 7.72. The molecule has 0 saturated heterocycles. The number of nitrogens with zero attached hydrogens (tertiary/aromatic N) is 1. The van der Waals surface area contributed by atoms with Gasteiger partial charge in [-0.2, -0.15) is 0 Å². The highest BCUT2D eigenvalue weighted by atomic mass is 35.5. The molecule has 0 amide bonds. The third-order valence-electron chi connectivity index (χ3n) is 3.69. The number of hydrogen-bond donors (Lipinski definition) is 2. The second-order valence-corrected chi connectivity index (χ2v) is 6.39. The first-order valence-electron chi connectivity index (χ1n) is 6.58. The number of benzene rings is 2. The van der Waals surface area contributed by atoms with E-state index in [1.807, 2.05) is 0 Å². The Bertz CT molecular complexity index is 1040. The molecule has 0 atom stereocenters. The lowest BCUT2D eigenvalue weighted by molar-refractivity contribution is 0.107. The van der Waals surface area contributed by atoms with E-state index < -0.39 is 0 Å². The fourth-order valence-electron chi connectivity index (χ4n) is 2.64. The Morgan fingerprint density at radius 1 is 1.04 bits per heavy atom. The molecule has 114 valence electrons. The molecule has 0 radical (unpaired) electrons. The minimum atomic E-state index is -0.291. The molecule has 1 aliphatic rings. The zero-order chi connectivity index (χ0) is 16.3. The number of fused-ring (bicyclic) bond motifs is 2. The lowest BCUT2D eigenvalue weighted by Crippen LogP contribution is -2.11. The number of nitrogens with one attached hydrogen (secondary N) is 1. The average Bonchev–Trinajstić information content (AvgIpc) is 2.98. The van der Waals surface area contributed by atoms with Gasteiger partial charge in [0.15, 0.2) is 5.75 Å². The van der Waals surface area contributed by atoms with Crippen LogP contribution in [-0.2, 0) is 0 Å². The Kier molecular flexibility index (Phi) is 3.17. The monoisotopic (exact) mass is 364 g/mol. The Labute approximate surface area is 145 Å². The lowest BCUT2D eigenvalue weighted by atomic mass is 10.1. The second kappa shape index (κ2) is 4.99. The summed E-state index contributed by atoms with van der Waals surface area (Å²) in [6.07, 6.45) is 0. The number of hydrogen-bond acceptors (Lipinski definition) is 3. The van der Waals surface area contributed by atoms with Crippen molar-refractivity contribution in [2.75, 3.05) is 0 Å². The summed E-state index contributed by atoms with van der Waals surface area (Å²) in [6, 6.07) is 7.96. The third-order valence-corrected chi connectivity index (χ3v) is 4.44. The maximum absolute atomic E-state index is 12.5. The molecule has 2 heterocycles. The van der Waals surface area contributed by atoms with E-state index in [0.717, 1.165) is 0 Å². The van der Waals surface area contributed by atoms with E-state index in [0.29, 0.717) is 37.2 Å². The minimum absolute atomic E-state index is 0.114. The maximum atomic E-state index is 12.5. The molecule has 0 aliphatic carbocycles. The average molecular weight is 366 g/mol. The fraction of sp³-hybridized carbons (Fsp3) is 0. The molecule has 0 unspecified atom stereocenters. The van der Waals surface area contributed by atoms with E-state index in [4.69, 9.17) is 34.8 Å². The predicted molar refractivity (Wildman–Crippen MR) is 92.0 cm³/mol. The molecule has 2 aromatic carbocycles. The van der Waals surface area contributed by atoms with Crippen molar-refractivity contribution in [3.8, 4) is 5.75 Å². The molecule has 4 nitrogen and oxygen atoms in total. The molecule has 0 spiro atoms. The highest BCUT2D eigenvalue weighted by Crippen LogP contribution is 2.39. The first-order chi connectivity index (χ1) is 11.0. The normalized spacial score (nSPS) is 13.5. The number of aliphatic imine (C=N–C) groups is 1. The van der Waals surface area contributed by atoms with Crippen LogP contribution in [0.3, 0.4) is 0 Å². The molecule has 0 fully saturated rings. The number of aromatic amines is 1. The summed E-state index contributed by atoms with van der Waals surface area (Å²) in [5.74, 6) is -0.406. The van der Waals surface area contributed by atoms with Crippen molar-refractivity contribution in [2.24, 2.45) is 4.99 Å². The SMILES string of the molecule is O=C1C(c2[nH]c3c(Cl)cc(Cl)cc3c2O)=Nc2cc(Cl)ccc21. The van der Waals surface area contributed by atoms with Crippen LogP contribution < -0.4 is 0 Å². The van der Waals surface area contributed by atoms with Gasteiger partial charge in [-0.05, 0) is 30.3 Å². The number of H-pyrrole nitrogens is 1. The molecule has 23 heavy (non-hydrogen) atoms.